The number of phenols is 1. The summed E-state index contributed by atoms with van der Waals surface area (Å²) in [4.78, 5) is 162. The number of carboxylic acids is 1. The summed E-state index contributed by atoms with van der Waals surface area (Å²) in [5, 5.41) is 39.6. The molecular formula is C68H74F2N14O12S2. The maximum Gasteiger partial charge on any atom is 0.305 e. The number of aliphatic carboxylic acids is 1. The SMILES string of the molecule is CC1NC(=O)CCSCc2cccc(c2)CSC[C@@H](C(N)=O)NC(=O)[C@]2(C)CCCN2C(=O)[C@H](Cc2ccc(O)cc2)NC(=O)[C@H](Cc2cnc[nH]2)NC(=O)[C@H](CC(=O)O)NC(=O)[C@H](Cc2c[nH]c3ccc(F)cc23)NC(=O)[C@H](CC2=CCc3ccc(F)cc32)NC(=O)c2cnc1[nH]2. The van der Waals surface area contributed by atoms with E-state index in [1.165, 1.54) is 115 Å². The molecule has 1 aliphatic carbocycles. The van der Waals surface area contributed by atoms with E-state index in [2.05, 4.69) is 62.1 Å². The summed E-state index contributed by atoms with van der Waals surface area (Å²) in [5.74, 6) is -9.04. The Morgan fingerprint density at radius 1 is 0.735 bits per heavy atom. The number of hydrogen-bond donors (Lipinski definition) is 13. The first kappa shape index (κ1) is 70.4. The third-order valence-corrected chi connectivity index (χ3v) is 19.5. The fourth-order valence-corrected chi connectivity index (χ4v) is 14.0. The Kier molecular flexibility index (Phi) is 22.8. The number of rotatable bonds is 11. The summed E-state index contributed by atoms with van der Waals surface area (Å²) in [7, 11) is 0. The van der Waals surface area contributed by atoms with Crippen LogP contribution in [0.4, 0.5) is 8.78 Å². The molecule has 5 heterocycles. The maximum atomic E-state index is 15.2. The smallest absolute Gasteiger partial charge is 0.305 e. The lowest BCUT2D eigenvalue weighted by Gasteiger charge is -2.37. The van der Waals surface area contributed by atoms with E-state index in [1.54, 1.807) is 19.1 Å². The zero-order chi connectivity index (χ0) is 69.8. The van der Waals surface area contributed by atoms with Gasteiger partial charge in [-0.3, -0.25) is 47.9 Å². The lowest BCUT2D eigenvalue weighted by Crippen LogP contribution is -2.63. The topological polar surface area (TPSA) is 398 Å². The highest BCUT2D eigenvalue weighted by molar-refractivity contribution is 7.98. The van der Waals surface area contributed by atoms with Crippen molar-refractivity contribution in [2.75, 3.05) is 18.1 Å². The third-order valence-electron chi connectivity index (χ3n) is 17.4. The number of aromatic amines is 3. The predicted octanol–water partition coefficient (Wildman–Crippen LogP) is 3.97. The second-order valence-corrected chi connectivity index (χ2v) is 26.7. The summed E-state index contributed by atoms with van der Waals surface area (Å²) < 4.78 is 29.8. The molecule has 9 amide bonds. The van der Waals surface area contributed by atoms with Crippen molar-refractivity contribution >= 4 is 99.1 Å². The normalized spacial score (nSPS) is 23.2. The van der Waals surface area contributed by atoms with Crippen molar-refractivity contribution in [1.82, 2.24) is 67.0 Å². The van der Waals surface area contributed by atoms with Crippen LogP contribution in [0.5, 0.6) is 5.75 Å². The molecule has 3 aliphatic rings. The number of nitrogens with two attached hydrogens (primary N) is 1. The van der Waals surface area contributed by atoms with Crippen molar-refractivity contribution in [2.45, 2.75) is 131 Å². The summed E-state index contributed by atoms with van der Waals surface area (Å²) in [6.07, 6.45) is 5.59. The Bertz CT molecular complexity index is 4190. The molecule has 3 aromatic heterocycles. The number of H-pyrrole nitrogens is 3. The number of primary amides is 1. The molecule has 2 aliphatic heterocycles. The molecule has 0 spiro atoms. The second-order valence-electron chi connectivity index (χ2n) is 24.6. The molecule has 7 aromatic rings. The van der Waals surface area contributed by atoms with Gasteiger partial charge >= 0.3 is 5.97 Å². The molecular weight excluding hydrogens is 1310 g/mol. The standard InChI is InChI=1S/C68H74F2N14O12S2/c1-36-60-74-31-55(77-60)65(94)79-50(23-41-10-9-40-11-12-43(69)25-47(40)41)61(90)78-51(24-42-29-73-49-16-13-44(70)26-48(42)49)62(91)81-53(28-58(87)88)64(93)80-52(27-45-30-72-35-75-45)63(92)82-54(22-37-7-14-46(85)15-8-37)66(95)84-19-4-18-68(84,2)67(96)83-56(59(71)89)34-98-33-39-6-3-5-38(21-39)32-97-20-17-57(86)76-36/h3,5-8,10-16,21,25-26,29-31,35-36,50-54,56,73,85H,4,9,17-20,22-24,27-28,32-34H2,1-2H3,(H2,71,89)(H,72,75)(H,74,77)(H,76,86)(H,78,90)(H,79,94)(H,80,93)(H,81,91)(H,82,92)(H,83,96)(H,87,88)/t36?,50-,51-,52-,53-,54-,56-,68-/m0/s1. The number of nitrogens with one attached hydrogen (secondary N) is 10. The zero-order valence-corrected chi connectivity index (χ0v) is 55.0. The van der Waals surface area contributed by atoms with Crippen molar-refractivity contribution in [3.8, 4) is 5.75 Å². The molecule has 0 radical (unpaired) electrons. The molecule has 0 saturated carbocycles. The van der Waals surface area contributed by atoms with E-state index >= 15 is 19.2 Å². The largest absolute Gasteiger partial charge is 0.508 e. The van der Waals surface area contributed by atoms with Gasteiger partial charge in [0.25, 0.3) is 5.91 Å². The molecule has 4 aromatic carbocycles. The van der Waals surface area contributed by atoms with Gasteiger partial charge in [-0.2, -0.15) is 23.5 Å². The monoisotopic (exact) mass is 1380 g/mol. The van der Waals surface area contributed by atoms with E-state index in [0.717, 1.165) is 16.7 Å². The van der Waals surface area contributed by atoms with E-state index in [1.807, 2.05) is 24.3 Å². The van der Waals surface area contributed by atoms with Crippen LogP contribution < -0.4 is 43.0 Å². The number of amides is 9. The van der Waals surface area contributed by atoms with Gasteiger partial charge in [0.05, 0.1) is 25.0 Å². The van der Waals surface area contributed by atoms with Crippen LogP contribution in [0, 0.1) is 11.6 Å². The quantitative estimate of drug-likeness (QED) is 0.0871. The number of halogens is 2. The predicted molar refractivity (Wildman–Crippen MR) is 359 cm³/mol. The van der Waals surface area contributed by atoms with Crippen molar-refractivity contribution in [1.29, 1.82) is 0 Å². The van der Waals surface area contributed by atoms with Crippen LogP contribution in [-0.4, -0.2) is 159 Å². The molecule has 8 atom stereocenters. The Morgan fingerprint density at radius 3 is 2.12 bits per heavy atom. The number of thioether (sulfide) groups is 2. The van der Waals surface area contributed by atoms with Gasteiger partial charge in [-0.1, -0.05) is 48.5 Å². The van der Waals surface area contributed by atoms with Gasteiger partial charge in [-0.05, 0) is 115 Å². The van der Waals surface area contributed by atoms with Crippen LogP contribution in [0.15, 0.2) is 116 Å². The number of allylic oxidation sites excluding steroid dienone is 1. The number of aromatic nitrogens is 5. The molecule has 514 valence electrons. The minimum absolute atomic E-state index is 0.0280. The molecule has 1 saturated heterocycles. The van der Waals surface area contributed by atoms with Gasteiger partial charge < -0.3 is 73.0 Å². The number of benzene rings is 4. The molecule has 26 nitrogen and oxygen atoms in total. The summed E-state index contributed by atoms with van der Waals surface area (Å²) in [6.45, 7) is 3.21. The lowest BCUT2D eigenvalue weighted by atomic mass is 9.95. The molecule has 10 rings (SSSR count). The zero-order valence-electron chi connectivity index (χ0n) is 53.4. The summed E-state index contributed by atoms with van der Waals surface area (Å²) >= 11 is 2.86. The first-order valence-electron chi connectivity index (χ1n) is 31.7. The van der Waals surface area contributed by atoms with Crippen LogP contribution in [0.1, 0.15) is 107 Å². The summed E-state index contributed by atoms with van der Waals surface area (Å²) in [6, 6.07) is 11.1. The van der Waals surface area contributed by atoms with E-state index in [9.17, 15) is 47.8 Å². The minimum atomic E-state index is -2.02. The Hall–Kier alpha value is -10.4. The van der Waals surface area contributed by atoms with Crippen molar-refractivity contribution in [3.05, 3.63) is 178 Å². The number of hydrogen-bond acceptors (Lipinski definition) is 15. The van der Waals surface area contributed by atoms with Gasteiger partial charge in [-0.25, -0.2) is 18.7 Å². The van der Waals surface area contributed by atoms with Gasteiger partial charge in [0.1, 0.15) is 70.7 Å². The molecule has 4 bridgehead atoms. The van der Waals surface area contributed by atoms with Crippen LogP contribution in [0.3, 0.4) is 0 Å². The molecule has 1 fully saturated rings. The number of fused-ring (bicyclic) bond motifs is 7. The third kappa shape index (κ3) is 17.8. The average Bonchev–Trinajstić information content (AvgIpc) is 1.57. The molecule has 30 heteroatoms. The van der Waals surface area contributed by atoms with Crippen molar-refractivity contribution in [3.63, 3.8) is 0 Å². The van der Waals surface area contributed by atoms with E-state index in [0.29, 0.717) is 52.3 Å². The van der Waals surface area contributed by atoms with Crippen LogP contribution >= 0.6 is 23.5 Å². The Balaban J connectivity index is 0.987. The highest BCUT2D eigenvalue weighted by Crippen LogP contribution is 2.34. The molecule has 14 N–H and O–H groups in total. The van der Waals surface area contributed by atoms with Crippen LogP contribution in [0.25, 0.3) is 16.5 Å². The Labute approximate surface area is 569 Å². The van der Waals surface area contributed by atoms with E-state index in [-0.39, 0.29) is 84.2 Å². The van der Waals surface area contributed by atoms with E-state index in [4.69, 9.17) is 5.73 Å². The Morgan fingerprint density at radius 2 is 1.41 bits per heavy atom. The van der Waals surface area contributed by atoms with Gasteiger partial charge in [0.2, 0.25) is 47.3 Å². The number of aromatic hydroxyl groups is 1. The van der Waals surface area contributed by atoms with Gasteiger partial charge in [0, 0.05) is 90.7 Å². The average molecular weight is 1380 g/mol. The maximum absolute atomic E-state index is 15.2. The molecule has 98 heavy (non-hydrogen) atoms. The number of carbonyl (C=O) groups is 10. The van der Waals surface area contributed by atoms with Crippen molar-refractivity contribution < 1.29 is 66.9 Å². The number of phenolic OH excluding ortho intramolecular Hbond substituents is 1. The molecule has 1 unspecified atom stereocenters. The highest BCUT2D eigenvalue weighted by atomic mass is 32.2. The number of imidazole rings is 2. The number of nitrogens with zero attached hydrogens (tertiary/aromatic N) is 3. The second kappa shape index (κ2) is 31.7. The minimum Gasteiger partial charge on any atom is -0.508 e. The first-order valence-corrected chi connectivity index (χ1v) is 34.0. The summed E-state index contributed by atoms with van der Waals surface area (Å²) in [5.41, 5.74) is 9.11. The number of carboxylic acid groups (broad SMARTS) is 1. The number of carbonyl (C=O) groups excluding carboxylic acids is 9. The van der Waals surface area contributed by atoms with Crippen LogP contribution in [-0.2, 0) is 80.3 Å². The van der Waals surface area contributed by atoms with Gasteiger partial charge in [-0.15, -0.1) is 0 Å². The lowest BCUT2D eigenvalue weighted by molar-refractivity contribution is -0.147. The fourth-order valence-electron chi connectivity index (χ4n) is 12.1. The van der Waals surface area contributed by atoms with Crippen LogP contribution in [0.2, 0.25) is 0 Å². The highest BCUT2D eigenvalue weighted by Gasteiger charge is 2.49. The van der Waals surface area contributed by atoms with Gasteiger partial charge in [0.15, 0.2) is 0 Å². The first-order chi connectivity index (χ1) is 47.0. The van der Waals surface area contributed by atoms with Crippen molar-refractivity contribution in [2.24, 2.45) is 5.73 Å². The fraction of sp³-hybridized carbons (Fsp3) is 0.353. The van der Waals surface area contributed by atoms with E-state index < -0.39 is 126 Å².